The van der Waals surface area contributed by atoms with Gasteiger partial charge in [-0.15, -0.1) is 0 Å². The zero-order chi connectivity index (χ0) is 15.0. The van der Waals surface area contributed by atoms with E-state index in [1.165, 1.54) is 16.4 Å². The third-order valence-corrected chi connectivity index (χ3v) is 4.99. The molecule has 1 aromatic carbocycles. The van der Waals surface area contributed by atoms with Gasteiger partial charge in [0, 0.05) is 19.6 Å². The lowest BCUT2D eigenvalue weighted by molar-refractivity contribution is -0.112. The van der Waals surface area contributed by atoms with E-state index in [4.69, 9.17) is 10.5 Å². The van der Waals surface area contributed by atoms with Gasteiger partial charge in [-0.2, -0.15) is 4.31 Å². The molecule has 0 aromatic heterocycles. The highest BCUT2D eigenvalue weighted by Gasteiger charge is 2.38. The Morgan fingerprint density at radius 3 is 2.55 bits per heavy atom. The number of rotatable bonds is 3. The van der Waals surface area contributed by atoms with Crippen molar-refractivity contribution in [1.29, 1.82) is 0 Å². The number of hydrogen-bond donors (Lipinski definition) is 1. The van der Waals surface area contributed by atoms with E-state index in [-0.39, 0.29) is 30.6 Å². The fourth-order valence-electron chi connectivity index (χ4n) is 2.30. The van der Waals surface area contributed by atoms with Crippen LogP contribution in [0.5, 0.6) is 0 Å². The van der Waals surface area contributed by atoms with E-state index >= 15 is 0 Å². The summed E-state index contributed by atoms with van der Waals surface area (Å²) in [6, 6.07) is 4.81. The van der Waals surface area contributed by atoms with Crippen LogP contribution in [-0.4, -0.2) is 44.1 Å². The van der Waals surface area contributed by atoms with E-state index in [1.807, 2.05) is 13.8 Å². The molecule has 1 atom stereocenters. The Kier molecular flexibility index (Phi) is 4.15. The molecule has 0 spiro atoms. The van der Waals surface area contributed by atoms with Crippen LogP contribution in [0.25, 0.3) is 0 Å². The molecule has 20 heavy (non-hydrogen) atoms. The van der Waals surface area contributed by atoms with E-state index < -0.39 is 21.4 Å². The predicted octanol–water partition coefficient (Wildman–Crippen LogP) is 0.953. The Labute approximate surface area is 118 Å². The number of nitrogens with two attached hydrogens (primary N) is 1. The molecule has 2 N–H and O–H groups in total. The lowest BCUT2D eigenvalue weighted by Gasteiger charge is -2.41. The molecule has 0 saturated carbocycles. The molecule has 1 saturated heterocycles. The van der Waals surface area contributed by atoms with Crippen LogP contribution in [0.15, 0.2) is 29.2 Å². The third-order valence-electron chi connectivity index (χ3n) is 3.16. The first kappa shape index (κ1) is 15.4. The highest BCUT2D eigenvalue weighted by molar-refractivity contribution is 7.89. The molecule has 1 aromatic rings. The molecular weight excluding hydrogens is 283 g/mol. The molecule has 1 fully saturated rings. The smallest absolute Gasteiger partial charge is 0.243 e. The van der Waals surface area contributed by atoms with Gasteiger partial charge in [-0.1, -0.05) is 0 Å². The minimum absolute atomic E-state index is 0.0763. The van der Waals surface area contributed by atoms with Gasteiger partial charge in [0.05, 0.1) is 16.6 Å². The maximum absolute atomic E-state index is 12.9. The number of benzene rings is 1. The lowest BCUT2D eigenvalue weighted by Crippen LogP contribution is -2.56. The first-order valence-electron chi connectivity index (χ1n) is 6.38. The number of sulfonamides is 1. The number of morpholine rings is 1. The van der Waals surface area contributed by atoms with Crippen molar-refractivity contribution in [3.05, 3.63) is 30.1 Å². The van der Waals surface area contributed by atoms with Crippen molar-refractivity contribution in [2.45, 2.75) is 30.4 Å². The second kappa shape index (κ2) is 5.40. The van der Waals surface area contributed by atoms with E-state index in [1.54, 1.807) is 0 Å². The SMILES string of the molecule is CC1(C)CN(S(=O)(=O)c2ccc(F)cc2)CC(CN)O1. The summed E-state index contributed by atoms with van der Waals surface area (Å²) in [6.45, 7) is 4.34. The minimum atomic E-state index is -3.66. The summed E-state index contributed by atoms with van der Waals surface area (Å²) in [5.41, 5.74) is 4.99. The largest absolute Gasteiger partial charge is 0.368 e. The van der Waals surface area contributed by atoms with Crippen molar-refractivity contribution in [3.63, 3.8) is 0 Å². The first-order valence-corrected chi connectivity index (χ1v) is 7.82. The molecule has 1 aliphatic rings. The van der Waals surface area contributed by atoms with Crippen molar-refractivity contribution in [2.75, 3.05) is 19.6 Å². The lowest BCUT2D eigenvalue weighted by atomic mass is 10.1. The van der Waals surface area contributed by atoms with Crippen LogP contribution < -0.4 is 5.73 Å². The van der Waals surface area contributed by atoms with E-state index in [0.717, 1.165) is 12.1 Å². The summed E-state index contributed by atoms with van der Waals surface area (Å²) >= 11 is 0. The van der Waals surface area contributed by atoms with Crippen molar-refractivity contribution in [1.82, 2.24) is 4.31 Å². The van der Waals surface area contributed by atoms with Gasteiger partial charge in [0.2, 0.25) is 10.0 Å². The quantitative estimate of drug-likeness (QED) is 0.902. The molecule has 5 nitrogen and oxygen atoms in total. The molecular formula is C13H19FN2O3S. The summed E-state index contributed by atoms with van der Waals surface area (Å²) in [6.07, 6.45) is -0.339. The predicted molar refractivity (Wildman–Crippen MR) is 73.2 cm³/mol. The van der Waals surface area contributed by atoms with Crippen molar-refractivity contribution in [3.8, 4) is 0 Å². The van der Waals surface area contributed by atoms with Gasteiger partial charge in [0.1, 0.15) is 5.82 Å². The standard InChI is InChI=1S/C13H19FN2O3S/c1-13(2)9-16(8-11(7-15)19-13)20(17,18)12-5-3-10(14)4-6-12/h3-6,11H,7-9,15H2,1-2H3. The Morgan fingerprint density at radius 2 is 2.00 bits per heavy atom. The molecule has 0 amide bonds. The van der Waals surface area contributed by atoms with Crippen LogP contribution >= 0.6 is 0 Å². The topological polar surface area (TPSA) is 72.6 Å². The van der Waals surface area contributed by atoms with Crippen molar-refractivity contribution >= 4 is 10.0 Å². The van der Waals surface area contributed by atoms with E-state index in [0.29, 0.717) is 0 Å². The Morgan fingerprint density at radius 1 is 1.40 bits per heavy atom. The van der Waals surface area contributed by atoms with Crippen LogP contribution in [0.4, 0.5) is 4.39 Å². The highest BCUT2D eigenvalue weighted by Crippen LogP contribution is 2.26. The molecule has 0 bridgehead atoms. The minimum Gasteiger partial charge on any atom is -0.368 e. The van der Waals surface area contributed by atoms with Gasteiger partial charge in [0.15, 0.2) is 0 Å². The van der Waals surface area contributed by atoms with Crippen LogP contribution in [0.3, 0.4) is 0 Å². The number of hydrogen-bond acceptors (Lipinski definition) is 4. The summed E-state index contributed by atoms with van der Waals surface area (Å²) in [4.78, 5) is 0.0763. The van der Waals surface area contributed by atoms with Crippen LogP contribution in [0.2, 0.25) is 0 Å². The fourth-order valence-corrected chi connectivity index (χ4v) is 3.93. The average molecular weight is 302 g/mol. The molecule has 0 aliphatic carbocycles. The maximum Gasteiger partial charge on any atom is 0.243 e. The zero-order valence-electron chi connectivity index (χ0n) is 11.5. The highest BCUT2D eigenvalue weighted by atomic mass is 32.2. The number of ether oxygens (including phenoxy) is 1. The average Bonchev–Trinajstić information content (AvgIpc) is 2.37. The van der Waals surface area contributed by atoms with E-state index in [9.17, 15) is 12.8 Å². The Bertz CT molecular complexity index is 572. The third kappa shape index (κ3) is 3.17. The molecule has 112 valence electrons. The van der Waals surface area contributed by atoms with Crippen molar-refractivity contribution in [2.24, 2.45) is 5.73 Å². The number of nitrogens with zero attached hydrogens (tertiary/aromatic N) is 1. The molecule has 2 rings (SSSR count). The molecule has 1 heterocycles. The fraction of sp³-hybridized carbons (Fsp3) is 0.538. The van der Waals surface area contributed by atoms with Gasteiger partial charge in [-0.05, 0) is 38.1 Å². The van der Waals surface area contributed by atoms with Gasteiger partial charge >= 0.3 is 0 Å². The van der Waals surface area contributed by atoms with Crippen LogP contribution in [0, 0.1) is 5.82 Å². The summed E-state index contributed by atoms with van der Waals surface area (Å²) in [5, 5.41) is 0. The van der Waals surface area contributed by atoms with Gasteiger partial charge in [-0.25, -0.2) is 12.8 Å². The van der Waals surface area contributed by atoms with E-state index in [2.05, 4.69) is 0 Å². The molecule has 1 unspecified atom stereocenters. The summed E-state index contributed by atoms with van der Waals surface area (Å²) in [7, 11) is -3.66. The summed E-state index contributed by atoms with van der Waals surface area (Å²) < 4.78 is 45.1. The Hall–Kier alpha value is -1.02. The molecule has 0 radical (unpaired) electrons. The first-order chi connectivity index (χ1) is 9.24. The van der Waals surface area contributed by atoms with Crippen LogP contribution in [-0.2, 0) is 14.8 Å². The Balaban J connectivity index is 2.31. The van der Waals surface area contributed by atoms with Crippen molar-refractivity contribution < 1.29 is 17.5 Å². The molecule has 1 aliphatic heterocycles. The summed E-state index contributed by atoms with van der Waals surface area (Å²) in [5.74, 6) is -0.467. The van der Waals surface area contributed by atoms with Crippen LogP contribution in [0.1, 0.15) is 13.8 Å². The molecule has 7 heteroatoms. The second-order valence-electron chi connectivity index (χ2n) is 5.49. The second-order valence-corrected chi connectivity index (χ2v) is 7.42. The maximum atomic E-state index is 12.9. The monoisotopic (exact) mass is 302 g/mol. The van der Waals surface area contributed by atoms with Gasteiger partial charge < -0.3 is 10.5 Å². The van der Waals surface area contributed by atoms with Gasteiger partial charge in [-0.3, -0.25) is 0 Å². The number of halogens is 1. The normalized spacial score (nSPS) is 23.7. The van der Waals surface area contributed by atoms with Gasteiger partial charge in [0.25, 0.3) is 0 Å². The zero-order valence-corrected chi connectivity index (χ0v) is 12.4.